The Morgan fingerprint density at radius 1 is 1.38 bits per heavy atom. The standard InChI is InChI=1S/C19H24N4O3/c1-26-11-3-9-22-8-2-6-19(18(22)25)7-10-23(14-19)17(24)15-4-5-16(12-20)21-13-15/h4-5,13H,2-3,6-11,14H2,1H3/t19-/m0/s1. The number of hydrogen-bond acceptors (Lipinski definition) is 5. The number of methoxy groups -OCH3 is 1. The molecular formula is C19H24N4O3. The number of pyridine rings is 1. The van der Waals surface area contributed by atoms with E-state index in [0.717, 1.165) is 25.8 Å². The number of piperidine rings is 1. The number of rotatable bonds is 5. The fourth-order valence-corrected chi connectivity index (χ4v) is 3.96. The van der Waals surface area contributed by atoms with Gasteiger partial charge in [-0.05, 0) is 37.8 Å². The summed E-state index contributed by atoms with van der Waals surface area (Å²) in [7, 11) is 1.66. The first-order chi connectivity index (χ1) is 12.6. The summed E-state index contributed by atoms with van der Waals surface area (Å²) < 4.78 is 5.08. The second-order valence-electron chi connectivity index (χ2n) is 7.04. The zero-order valence-electron chi connectivity index (χ0n) is 15.1. The molecule has 2 aliphatic heterocycles. The van der Waals surface area contributed by atoms with Crippen LogP contribution in [0.15, 0.2) is 18.3 Å². The van der Waals surface area contributed by atoms with E-state index >= 15 is 0 Å². The number of amides is 2. The first-order valence-electron chi connectivity index (χ1n) is 9.03. The highest BCUT2D eigenvalue weighted by Crippen LogP contribution is 2.40. The van der Waals surface area contributed by atoms with Crippen molar-refractivity contribution in [2.45, 2.75) is 25.7 Å². The minimum Gasteiger partial charge on any atom is -0.385 e. The first-order valence-corrected chi connectivity index (χ1v) is 9.03. The molecule has 0 aromatic carbocycles. The van der Waals surface area contributed by atoms with Crippen LogP contribution in [0.4, 0.5) is 0 Å². The summed E-state index contributed by atoms with van der Waals surface area (Å²) in [5, 5.41) is 8.82. The maximum absolute atomic E-state index is 13.0. The van der Waals surface area contributed by atoms with Gasteiger partial charge in [-0.1, -0.05) is 0 Å². The normalized spacial score (nSPS) is 22.7. The Labute approximate surface area is 153 Å². The summed E-state index contributed by atoms with van der Waals surface area (Å²) >= 11 is 0. The number of hydrogen-bond donors (Lipinski definition) is 0. The van der Waals surface area contributed by atoms with E-state index in [0.29, 0.717) is 38.2 Å². The van der Waals surface area contributed by atoms with Gasteiger partial charge in [-0.3, -0.25) is 9.59 Å². The highest BCUT2D eigenvalue weighted by Gasteiger charge is 2.49. The number of likely N-dealkylation sites (tertiary alicyclic amines) is 2. The summed E-state index contributed by atoms with van der Waals surface area (Å²) in [5.74, 6) is 0.0521. The average molecular weight is 356 g/mol. The number of nitrogens with zero attached hydrogens (tertiary/aromatic N) is 4. The molecular weight excluding hydrogens is 332 g/mol. The molecule has 0 aliphatic carbocycles. The van der Waals surface area contributed by atoms with E-state index in [-0.39, 0.29) is 17.5 Å². The summed E-state index contributed by atoms with van der Waals surface area (Å²) in [6.45, 7) is 3.19. The van der Waals surface area contributed by atoms with Crippen molar-refractivity contribution in [1.82, 2.24) is 14.8 Å². The van der Waals surface area contributed by atoms with Gasteiger partial charge in [0.2, 0.25) is 5.91 Å². The number of aromatic nitrogens is 1. The minimum absolute atomic E-state index is 0.122. The van der Waals surface area contributed by atoms with Crippen LogP contribution in [0.25, 0.3) is 0 Å². The number of carbonyl (C=O) groups excluding carboxylic acids is 2. The van der Waals surface area contributed by atoms with Crippen molar-refractivity contribution < 1.29 is 14.3 Å². The third-order valence-electron chi connectivity index (χ3n) is 5.37. The Kier molecular flexibility index (Phi) is 5.52. The fraction of sp³-hybridized carbons (Fsp3) is 0.579. The minimum atomic E-state index is -0.443. The molecule has 3 rings (SSSR count). The summed E-state index contributed by atoms with van der Waals surface area (Å²) in [6, 6.07) is 5.11. The van der Waals surface area contributed by atoms with Gasteiger partial charge in [0.15, 0.2) is 0 Å². The molecule has 1 atom stereocenters. The molecule has 0 radical (unpaired) electrons. The summed E-state index contributed by atoms with van der Waals surface area (Å²) in [5.41, 5.74) is 0.302. The molecule has 2 aliphatic rings. The second kappa shape index (κ2) is 7.83. The molecule has 138 valence electrons. The van der Waals surface area contributed by atoms with Crippen LogP contribution in [-0.4, -0.2) is 66.5 Å². The molecule has 7 nitrogen and oxygen atoms in total. The van der Waals surface area contributed by atoms with Crippen LogP contribution in [0.3, 0.4) is 0 Å². The van der Waals surface area contributed by atoms with E-state index in [2.05, 4.69) is 4.98 Å². The molecule has 7 heteroatoms. The molecule has 2 amide bonds. The van der Waals surface area contributed by atoms with Crippen LogP contribution >= 0.6 is 0 Å². The lowest BCUT2D eigenvalue weighted by atomic mass is 9.78. The van der Waals surface area contributed by atoms with Gasteiger partial charge in [-0.2, -0.15) is 5.26 Å². The maximum atomic E-state index is 13.0. The summed E-state index contributed by atoms with van der Waals surface area (Å²) in [6.07, 6.45) is 4.78. The Hall–Kier alpha value is -2.46. The highest BCUT2D eigenvalue weighted by atomic mass is 16.5. The van der Waals surface area contributed by atoms with Gasteiger partial charge < -0.3 is 14.5 Å². The van der Waals surface area contributed by atoms with E-state index in [1.54, 1.807) is 24.1 Å². The van der Waals surface area contributed by atoms with Crippen molar-refractivity contribution >= 4 is 11.8 Å². The van der Waals surface area contributed by atoms with Crippen molar-refractivity contribution in [3.05, 3.63) is 29.6 Å². The molecule has 0 unspecified atom stereocenters. The van der Waals surface area contributed by atoms with Crippen molar-refractivity contribution in [2.75, 3.05) is 39.9 Å². The lowest BCUT2D eigenvalue weighted by Crippen LogP contribution is -2.50. The smallest absolute Gasteiger partial charge is 0.255 e. The molecule has 1 aromatic rings. The van der Waals surface area contributed by atoms with Gasteiger partial charge >= 0.3 is 0 Å². The maximum Gasteiger partial charge on any atom is 0.255 e. The van der Waals surface area contributed by atoms with Crippen LogP contribution in [-0.2, 0) is 9.53 Å². The van der Waals surface area contributed by atoms with E-state index < -0.39 is 5.41 Å². The molecule has 3 heterocycles. The van der Waals surface area contributed by atoms with E-state index in [1.165, 1.54) is 6.20 Å². The predicted molar refractivity (Wildman–Crippen MR) is 94.2 cm³/mol. The fourth-order valence-electron chi connectivity index (χ4n) is 3.96. The predicted octanol–water partition coefficient (Wildman–Crippen LogP) is 1.44. The molecule has 0 bridgehead atoms. The van der Waals surface area contributed by atoms with E-state index in [4.69, 9.17) is 10.00 Å². The first kappa shape index (κ1) is 18.3. The Bertz CT molecular complexity index is 712. The van der Waals surface area contributed by atoms with Crippen LogP contribution in [0.5, 0.6) is 0 Å². The van der Waals surface area contributed by atoms with Gasteiger partial charge in [-0.25, -0.2) is 4.98 Å². The molecule has 2 saturated heterocycles. The molecule has 1 aromatic heterocycles. The third-order valence-corrected chi connectivity index (χ3v) is 5.37. The van der Waals surface area contributed by atoms with Crippen molar-refractivity contribution in [3.8, 4) is 6.07 Å². The zero-order chi connectivity index (χ0) is 18.6. The summed E-state index contributed by atoms with van der Waals surface area (Å²) in [4.78, 5) is 33.4. The Morgan fingerprint density at radius 2 is 2.23 bits per heavy atom. The largest absolute Gasteiger partial charge is 0.385 e. The zero-order valence-corrected chi connectivity index (χ0v) is 15.1. The number of nitriles is 1. The van der Waals surface area contributed by atoms with Crippen LogP contribution in [0.1, 0.15) is 41.7 Å². The highest BCUT2D eigenvalue weighted by molar-refractivity contribution is 5.95. The van der Waals surface area contributed by atoms with Crippen molar-refractivity contribution in [1.29, 1.82) is 5.26 Å². The Balaban J connectivity index is 1.67. The van der Waals surface area contributed by atoms with Gasteiger partial charge in [0.05, 0.1) is 11.0 Å². The second-order valence-corrected chi connectivity index (χ2v) is 7.04. The molecule has 1 spiro atoms. The third kappa shape index (κ3) is 3.56. The van der Waals surface area contributed by atoms with Gasteiger partial charge in [0.25, 0.3) is 5.91 Å². The van der Waals surface area contributed by atoms with E-state index in [1.807, 2.05) is 11.0 Å². The van der Waals surface area contributed by atoms with Crippen molar-refractivity contribution in [2.24, 2.45) is 5.41 Å². The topological polar surface area (TPSA) is 86.5 Å². The average Bonchev–Trinajstić information content (AvgIpc) is 3.10. The van der Waals surface area contributed by atoms with Crippen LogP contribution in [0.2, 0.25) is 0 Å². The molecule has 0 N–H and O–H groups in total. The van der Waals surface area contributed by atoms with Crippen LogP contribution < -0.4 is 0 Å². The number of ether oxygens (including phenoxy) is 1. The van der Waals surface area contributed by atoms with Gasteiger partial charge in [0.1, 0.15) is 11.8 Å². The van der Waals surface area contributed by atoms with E-state index in [9.17, 15) is 9.59 Å². The quantitative estimate of drug-likeness (QED) is 0.745. The van der Waals surface area contributed by atoms with Crippen molar-refractivity contribution in [3.63, 3.8) is 0 Å². The van der Waals surface area contributed by atoms with Gasteiger partial charge in [0, 0.05) is 46.1 Å². The lowest BCUT2D eigenvalue weighted by Gasteiger charge is -2.39. The molecule has 0 saturated carbocycles. The number of carbonyl (C=O) groups is 2. The molecule has 2 fully saturated rings. The van der Waals surface area contributed by atoms with Gasteiger partial charge in [-0.15, -0.1) is 0 Å². The van der Waals surface area contributed by atoms with Crippen LogP contribution in [0, 0.1) is 16.7 Å². The monoisotopic (exact) mass is 356 g/mol. The lowest BCUT2D eigenvalue weighted by molar-refractivity contribution is -0.145. The SMILES string of the molecule is COCCCN1CCC[C@@]2(CCN(C(=O)c3ccc(C#N)nc3)C2)C1=O. The molecule has 26 heavy (non-hydrogen) atoms. The Morgan fingerprint density at radius 3 is 2.92 bits per heavy atom.